The van der Waals surface area contributed by atoms with E-state index in [9.17, 15) is 19.4 Å². The van der Waals surface area contributed by atoms with E-state index < -0.39 is 36.0 Å². The second kappa shape index (κ2) is 9.18. The molecule has 2 saturated heterocycles. The number of anilines is 2. The zero-order chi connectivity index (χ0) is 24.0. The molecular formula is C23H25ClF2N4O4. The summed E-state index contributed by atoms with van der Waals surface area (Å²) >= 11 is 5.85. The quantitative estimate of drug-likeness (QED) is 0.447. The van der Waals surface area contributed by atoms with Crippen LogP contribution in [-0.2, 0) is 6.42 Å². The largest absolute Gasteiger partial charge is 0.491 e. The molecule has 3 heterocycles. The number of hydrogen-bond acceptors (Lipinski definition) is 6. The summed E-state index contributed by atoms with van der Waals surface area (Å²) < 4.78 is 35.0. The van der Waals surface area contributed by atoms with Gasteiger partial charge in [-0.25, -0.2) is 13.6 Å². The molecular weight excluding hydrogens is 470 g/mol. The van der Waals surface area contributed by atoms with E-state index in [4.69, 9.17) is 16.3 Å². The second-order valence-electron chi connectivity index (χ2n) is 8.83. The summed E-state index contributed by atoms with van der Waals surface area (Å²) in [5.41, 5.74) is 1.76. The fourth-order valence-electron chi connectivity index (χ4n) is 4.88. The molecule has 8 nitrogen and oxygen atoms in total. The number of nitrogens with one attached hydrogen (secondary N) is 3. The molecule has 0 aliphatic carbocycles. The smallest absolute Gasteiger partial charge is 0.319 e. The summed E-state index contributed by atoms with van der Waals surface area (Å²) in [5.74, 6) is -0.897. The molecule has 3 aliphatic rings. The van der Waals surface area contributed by atoms with E-state index in [1.165, 1.54) is 24.3 Å². The van der Waals surface area contributed by atoms with Crippen molar-refractivity contribution in [2.45, 2.75) is 43.7 Å². The van der Waals surface area contributed by atoms with Gasteiger partial charge in [-0.1, -0.05) is 11.6 Å². The highest BCUT2D eigenvalue weighted by Gasteiger charge is 2.38. The first-order valence-electron chi connectivity index (χ1n) is 11.2. The normalized spacial score (nSPS) is 24.3. The van der Waals surface area contributed by atoms with Crippen molar-refractivity contribution in [3.05, 3.63) is 52.0 Å². The Bertz CT molecular complexity index is 1110. The summed E-state index contributed by atoms with van der Waals surface area (Å²) in [6.45, 7) is 1.28. The Kier molecular flexibility index (Phi) is 6.24. The number of carbonyl (C=O) groups is 1. The van der Waals surface area contributed by atoms with Gasteiger partial charge < -0.3 is 30.5 Å². The van der Waals surface area contributed by atoms with Crippen molar-refractivity contribution in [1.29, 1.82) is 0 Å². The van der Waals surface area contributed by atoms with E-state index in [-0.39, 0.29) is 11.7 Å². The molecule has 0 unspecified atom stereocenters. The van der Waals surface area contributed by atoms with Crippen LogP contribution in [-0.4, -0.2) is 54.4 Å². The number of fused-ring (bicyclic) bond motifs is 1. The fourth-order valence-corrected chi connectivity index (χ4v) is 5.05. The van der Waals surface area contributed by atoms with Gasteiger partial charge in [-0.05, 0) is 31.0 Å². The molecule has 2 aromatic carbocycles. The molecule has 0 saturated carbocycles. The maximum Gasteiger partial charge on any atom is 0.319 e. The van der Waals surface area contributed by atoms with Gasteiger partial charge in [0.05, 0.1) is 24.0 Å². The van der Waals surface area contributed by atoms with Gasteiger partial charge in [-0.15, -0.1) is 0 Å². The van der Waals surface area contributed by atoms with Crippen molar-refractivity contribution < 1.29 is 28.5 Å². The number of amides is 2. The highest BCUT2D eigenvalue weighted by Crippen LogP contribution is 2.45. The minimum absolute atomic E-state index is 0.0167. The van der Waals surface area contributed by atoms with Gasteiger partial charge in [0.15, 0.2) is 0 Å². The Labute approximate surface area is 199 Å². The molecule has 0 spiro atoms. The van der Waals surface area contributed by atoms with E-state index in [2.05, 4.69) is 16.0 Å². The summed E-state index contributed by atoms with van der Waals surface area (Å²) in [4.78, 5) is 14.2. The number of aliphatic hydroxyl groups is 2. The monoisotopic (exact) mass is 494 g/mol. The number of piperidine rings is 1. The number of nitrogens with zero attached hydrogens (tertiary/aromatic N) is 1. The van der Waals surface area contributed by atoms with E-state index in [1.54, 1.807) is 0 Å². The zero-order valence-corrected chi connectivity index (χ0v) is 18.9. The number of hydrogen-bond donors (Lipinski definition) is 5. The van der Waals surface area contributed by atoms with Crippen LogP contribution in [0.4, 0.5) is 25.0 Å². The lowest BCUT2D eigenvalue weighted by Gasteiger charge is -2.42. The van der Waals surface area contributed by atoms with Crippen LogP contribution in [0, 0.1) is 11.6 Å². The molecule has 5 rings (SSSR count). The highest BCUT2D eigenvalue weighted by atomic mass is 35.5. The van der Waals surface area contributed by atoms with Crippen LogP contribution in [0.1, 0.15) is 29.9 Å². The Morgan fingerprint density at radius 3 is 2.74 bits per heavy atom. The average Bonchev–Trinajstić information content (AvgIpc) is 3.23. The highest BCUT2D eigenvalue weighted by molar-refractivity contribution is 6.30. The minimum atomic E-state index is -1.05. The number of rotatable bonds is 4. The van der Waals surface area contributed by atoms with Crippen LogP contribution in [0.15, 0.2) is 24.3 Å². The standard InChI is InChI=1S/C23H25ClF2N4O4/c24-11-1-3-15(25)17(7-11)28-23(33)27-12-9-30(10-12)18-8-16(26)20(13-5-6-34-21(13)18)14-2-4-19(31)29-22(14)32/h1,3,7-8,12,14,19,22,29,31-32H,2,4-6,9-10H2,(H2,27,28,33)/t14-,19-,22-/m0/s1. The summed E-state index contributed by atoms with van der Waals surface area (Å²) in [7, 11) is 0. The van der Waals surface area contributed by atoms with Gasteiger partial charge in [-0.3, -0.25) is 5.32 Å². The maximum atomic E-state index is 15.3. The van der Waals surface area contributed by atoms with Crippen LogP contribution in [0.25, 0.3) is 0 Å². The van der Waals surface area contributed by atoms with Crippen LogP contribution in [0.2, 0.25) is 5.02 Å². The van der Waals surface area contributed by atoms with E-state index in [0.29, 0.717) is 61.0 Å². The van der Waals surface area contributed by atoms with E-state index >= 15 is 4.39 Å². The van der Waals surface area contributed by atoms with Crippen molar-refractivity contribution in [3.8, 4) is 5.75 Å². The predicted molar refractivity (Wildman–Crippen MR) is 122 cm³/mol. The Morgan fingerprint density at radius 1 is 1.18 bits per heavy atom. The molecule has 0 radical (unpaired) electrons. The third kappa shape index (κ3) is 4.38. The topological polar surface area (TPSA) is 106 Å². The van der Waals surface area contributed by atoms with Gasteiger partial charge in [0.2, 0.25) is 0 Å². The van der Waals surface area contributed by atoms with Gasteiger partial charge in [-0.2, -0.15) is 0 Å². The third-order valence-corrected chi connectivity index (χ3v) is 6.79. The first kappa shape index (κ1) is 23.1. The lowest BCUT2D eigenvalue weighted by Crippen LogP contribution is -2.60. The van der Waals surface area contributed by atoms with Crippen LogP contribution >= 0.6 is 11.6 Å². The van der Waals surface area contributed by atoms with Gasteiger partial charge in [0.25, 0.3) is 0 Å². The third-order valence-electron chi connectivity index (χ3n) is 6.55. The predicted octanol–water partition coefficient (Wildman–Crippen LogP) is 2.67. The molecule has 0 bridgehead atoms. The Hall–Kier alpha value is -2.66. The molecule has 182 valence electrons. The maximum absolute atomic E-state index is 15.3. The minimum Gasteiger partial charge on any atom is -0.491 e. The summed E-state index contributed by atoms with van der Waals surface area (Å²) in [5, 5.41) is 28.3. The Morgan fingerprint density at radius 2 is 1.97 bits per heavy atom. The van der Waals surface area contributed by atoms with Crippen molar-refractivity contribution in [2.24, 2.45) is 0 Å². The number of carbonyl (C=O) groups excluding carboxylic acids is 1. The molecule has 5 N–H and O–H groups in total. The van der Waals surface area contributed by atoms with Crippen molar-refractivity contribution >= 4 is 29.0 Å². The first-order chi connectivity index (χ1) is 16.3. The van der Waals surface area contributed by atoms with Gasteiger partial charge in [0, 0.05) is 47.6 Å². The van der Waals surface area contributed by atoms with E-state index in [1.807, 2.05) is 4.90 Å². The van der Waals surface area contributed by atoms with Crippen molar-refractivity contribution in [3.63, 3.8) is 0 Å². The zero-order valence-electron chi connectivity index (χ0n) is 18.2. The fraction of sp³-hybridized carbons (Fsp3) is 0.435. The second-order valence-corrected chi connectivity index (χ2v) is 9.27. The number of urea groups is 1. The molecule has 2 amide bonds. The first-order valence-corrected chi connectivity index (χ1v) is 11.6. The average molecular weight is 495 g/mol. The number of halogens is 3. The molecule has 3 atom stereocenters. The summed E-state index contributed by atoms with van der Waals surface area (Å²) in [6, 6.07) is 4.53. The number of aliphatic hydroxyl groups excluding tert-OH is 2. The molecule has 11 heteroatoms. The molecule has 2 aromatic rings. The van der Waals surface area contributed by atoms with Gasteiger partial charge >= 0.3 is 6.03 Å². The number of ether oxygens (including phenoxy) is 1. The number of benzene rings is 2. The van der Waals surface area contributed by atoms with Crippen LogP contribution in [0.3, 0.4) is 0 Å². The molecule has 34 heavy (non-hydrogen) atoms. The Balaban J connectivity index is 1.26. The summed E-state index contributed by atoms with van der Waals surface area (Å²) in [6.07, 6.45) is -0.454. The molecule has 2 fully saturated rings. The lowest BCUT2D eigenvalue weighted by molar-refractivity contribution is -0.0109. The lowest BCUT2D eigenvalue weighted by atomic mass is 9.84. The molecule has 0 aromatic heterocycles. The van der Waals surface area contributed by atoms with Crippen LogP contribution in [0.5, 0.6) is 5.75 Å². The molecule has 3 aliphatic heterocycles. The van der Waals surface area contributed by atoms with E-state index in [0.717, 1.165) is 5.56 Å². The SMILES string of the molecule is O=C(Nc1cc(Cl)ccc1F)NC1CN(c2cc(F)c([C@@H]3CC[C@H](O)N[C@H]3O)c3c2OCC3)C1. The van der Waals surface area contributed by atoms with Crippen molar-refractivity contribution in [2.75, 3.05) is 29.9 Å². The van der Waals surface area contributed by atoms with Crippen molar-refractivity contribution in [1.82, 2.24) is 10.6 Å². The van der Waals surface area contributed by atoms with Gasteiger partial charge in [0.1, 0.15) is 29.8 Å². The van der Waals surface area contributed by atoms with Crippen LogP contribution < -0.4 is 25.6 Å².